The Morgan fingerprint density at radius 1 is 1.47 bits per heavy atom. The molecular weight excluding hydrogens is 302 g/mol. The quantitative estimate of drug-likeness (QED) is 0.944. The first kappa shape index (κ1) is 12.5. The summed E-state index contributed by atoms with van der Waals surface area (Å²) in [5.74, 6) is 0.775. The second-order valence-corrected chi connectivity index (χ2v) is 5.96. The lowest BCUT2D eigenvalue weighted by atomic mass is 10.1. The average Bonchev–Trinajstić information content (AvgIpc) is 2.70. The highest BCUT2D eigenvalue weighted by Gasteiger charge is 2.15. The third-order valence-electron chi connectivity index (χ3n) is 2.43. The molecule has 17 heavy (non-hydrogen) atoms. The molecule has 0 aliphatic rings. The van der Waals surface area contributed by atoms with E-state index in [0.29, 0.717) is 0 Å². The first-order chi connectivity index (χ1) is 8.15. The third-order valence-corrected chi connectivity index (χ3v) is 3.92. The second kappa shape index (κ2) is 5.16. The lowest BCUT2D eigenvalue weighted by molar-refractivity contribution is 0.286. The molecule has 0 bridgehead atoms. The van der Waals surface area contributed by atoms with Gasteiger partial charge in [-0.2, -0.15) is 0 Å². The third kappa shape index (κ3) is 2.51. The SMILES string of the molecule is COc1cc(C)ccc1-c1nc(Br)sc1CO. The molecule has 0 amide bonds. The first-order valence-electron chi connectivity index (χ1n) is 5.06. The summed E-state index contributed by atoms with van der Waals surface area (Å²) < 4.78 is 6.12. The monoisotopic (exact) mass is 313 g/mol. The van der Waals surface area contributed by atoms with E-state index in [0.717, 1.165) is 31.4 Å². The van der Waals surface area contributed by atoms with Gasteiger partial charge in [-0.05, 0) is 40.5 Å². The Hall–Kier alpha value is -0.910. The maximum absolute atomic E-state index is 9.32. The predicted molar refractivity (Wildman–Crippen MR) is 72.5 cm³/mol. The van der Waals surface area contributed by atoms with Crippen molar-refractivity contribution in [2.75, 3.05) is 7.11 Å². The smallest absolute Gasteiger partial charge is 0.160 e. The first-order valence-corrected chi connectivity index (χ1v) is 6.67. The summed E-state index contributed by atoms with van der Waals surface area (Å²) in [6.07, 6.45) is 0. The van der Waals surface area contributed by atoms with Gasteiger partial charge in [0.05, 0.1) is 24.3 Å². The van der Waals surface area contributed by atoms with Crippen molar-refractivity contribution in [2.45, 2.75) is 13.5 Å². The Balaban J connectivity index is 2.59. The van der Waals surface area contributed by atoms with Gasteiger partial charge in [0.25, 0.3) is 0 Å². The van der Waals surface area contributed by atoms with Crippen molar-refractivity contribution in [1.29, 1.82) is 0 Å². The van der Waals surface area contributed by atoms with E-state index in [-0.39, 0.29) is 6.61 Å². The lowest BCUT2D eigenvalue weighted by Crippen LogP contribution is -1.91. The van der Waals surface area contributed by atoms with Gasteiger partial charge in [-0.25, -0.2) is 4.98 Å². The maximum Gasteiger partial charge on any atom is 0.160 e. The highest BCUT2D eigenvalue weighted by molar-refractivity contribution is 9.11. The molecule has 0 fully saturated rings. The fourth-order valence-corrected chi connectivity index (χ4v) is 3.06. The van der Waals surface area contributed by atoms with Gasteiger partial charge in [-0.3, -0.25) is 0 Å². The fraction of sp³-hybridized carbons (Fsp3) is 0.250. The van der Waals surface area contributed by atoms with Crippen LogP contribution in [0.5, 0.6) is 5.75 Å². The summed E-state index contributed by atoms with van der Waals surface area (Å²) in [5.41, 5.74) is 2.82. The zero-order valence-corrected chi connectivity index (χ0v) is 11.9. The van der Waals surface area contributed by atoms with Crippen molar-refractivity contribution in [3.8, 4) is 17.0 Å². The Bertz CT molecular complexity index is 539. The van der Waals surface area contributed by atoms with Crippen LogP contribution in [-0.4, -0.2) is 17.2 Å². The number of hydrogen-bond acceptors (Lipinski definition) is 4. The lowest BCUT2D eigenvalue weighted by Gasteiger charge is -2.08. The largest absolute Gasteiger partial charge is 0.496 e. The number of halogens is 1. The molecule has 0 atom stereocenters. The zero-order valence-electron chi connectivity index (χ0n) is 9.53. The molecule has 1 aromatic carbocycles. The minimum atomic E-state index is -0.0182. The van der Waals surface area contributed by atoms with Crippen LogP contribution in [0.2, 0.25) is 0 Å². The van der Waals surface area contributed by atoms with E-state index in [1.165, 1.54) is 11.3 Å². The standard InChI is InChI=1S/C12H12BrNO2S/c1-7-3-4-8(9(5-7)16-2)11-10(6-15)17-12(13)14-11/h3-5,15H,6H2,1-2H3. The molecule has 0 aliphatic heterocycles. The minimum absolute atomic E-state index is 0.0182. The summed E-state index contributed by atoms with van der Waals surface area (Å²) in [4.78, 5) is 5.22. The number of aliphatic hydroxyl groups is 1. The van der Waals surface area contributed by atoms with Crippen molar-refractivity contribution >= 4 is 27.3 Å². The summed E-state index contributed by atoms with van der Waals surface area (Å²) in [7, 11) is 1.64. The Morgan fingerprint density at radius 3 is 2.88 bits per heavy atom. The van der Waals surface area contributed by atoms with Crippen molar-refractivity contribution < 1.29 is 9.84 Å². The Morgan fingerprint density at radius 2 is 2.24 bits per heavy atom. The van der Waals surface area contributed by atoms with Crippen LogP contribution in [0.15, 0.2) is 22.1 Å². The number of benzene rings is 1. The van der Waals surface area contributed by atoms with Crippen LogP contribution in [0, 0.1) is 6.92 Å². The molecule has 0 saturated carbocycles. The zero-order chi connectivity index (χ0) is 12.4. The summed E-state index contributed by atoms with van der Waals surface area (Å²) in [5, 5.41) is 9.32. The average molecular weight is 314 g/mol. The number of nitrogens with zero attached hydrogens (tertiary/aromatic N) is 1. The molecule has 0 radical (unpaired) electrons. The van der Waals surface area contributed by atoms with E-state index in [1.54, 1.807) is 7.11 Å². The van der Waals surface area contributed by atoms with Crippen molar-refractivity contribution in [3.05, 3.63) is 32.6 Å². The van der Waals surface area contributed by atoms with Gasteiger partial charge in [0, 0.05) is 5.56 Å². The van der Waals surface area contributed by atoms with Gasteiger partial charge in [-0.15, -0.1) is 11.3 Å². The maximum atomic E-state index is 9.32. The summed E-state index contributed by atoms with van der Waals surface area (Å²) >= 11 is 4.77. The van der Waals surface area contributed by atoms with Crippen LogP contribution < -0.4 is 4.74 Å². The molecule has 2 rings (SSSR count). The molecule has 1 heterocycles. The van der Waals surface area contributed by atoms with Crippen molar-refractivity contribution in [1.82, 2.24) is 4.98 Å². The highest BCUT2D eigenvalue weighted by atomic mass is 79.9. The van der Waals surface area contributed by atoms with Crippen LogP contribution in [0.1, 0.15) is 10.4 Å². The van der Waals surface area contributed by atoms with Gasteiger partial charge >= 0.3 is 0 Å². The van der Waals surface area contributed by atoms with Gasteiger partial charge < -0.3 is 9.84 Å². The van der Waals surface area contributed by atoms with E-state index in [9.17, 15) is 5.11 Å². The van der Waals surface area contributed by atoms with E-state index < -0.39 is 0 Å². The molecule has 0 aliphatic carbocycles. The van der Waals surface area contributed by atoms with Crippen LogP contribution >= 0.6 is 27.3 Å². The van der Waals surface area contributed by atoms with Gasteiger partial charge in [0.2, 0.25) is 0 Å². The molecular formula is C12H12BrNO2S. The normalized spacial score (nSPS) is 10.6. The highest BCUT2D eigenvalue weighted by Crippen LogP contribution is 2.36. The molecule has 3 nitrogen and oxygen atoms in total. The second-order valence-electron chi connectivity index (χ2n) is 3.60. The van der Waals surface area contributed by atoms with E-state index >= 15 is 0 Å². The number of thiazole rings is 1. The summed E-state index contributed by atoms with van der Waals surface area (Å²) in [6.45, 7) is 1.99. The molecule has 1 aromatic heterocycles. The molecule has 0 unspecified atom stereocenters. The molecule has 0 spiro atoms. The van der Waals surface area contributed by atoms with Crippen LogP contribution in [-0.2, 0) is 6.61 Å². The number of aryl methyl sites for hydroxylation is 1. The number of aliphatic hydroxyl groups excluding tert-OH is 1. The number of methoxy groups -OCH3 is 1. The Labute approximate surface area is 112 Å². The fourth-order valence-electron chi connectivity index (χ4n) is 1.63. The number of aromatic nitrogens is 1. The predicted octanol–water partition coefficient (Wildman–Crippen LogP) is 3.38. The van der Waals surface area contributed by atoms with Gasteiger partial charge in [0.15, 0.2) is 3.92 Å². The molecule has 90 valence electrons. The summed E-state index contributed by atoms with van der Waals surface area (Å²) in [6, 6.07) is 5.94. The topological polar surface area (TPSA) is 42.4 Å². The number of hydrogen-bond donors (Lipinski definition) is 1. The van der Waals surface area contributed by atoms with Crippen molar-refractivity contribution in [3.63, 3.8) is 0 Å². The number of ether oxygens (including phenoxy) is 1. The van der Waals surface area contributed by atoms with Crippen LogP contribution in [0.25, 0.3) is 11.3 Å². The molecule has 5 heteroatoms. The Kier molecular flexibility index (Phi) is 3.81. The van der Waals surface area contributed by atoms with E-state index in [2.05, 4.69) is 20.9 Å². The van der Waals surface area contributed by atoms with Crippen LogP contribution in [0.4, 0.5) is 0 Å². The van der Waals surface area contributed by atoms with Crippen LogP contribution in [0.3, 0.4) is 0 Å². The number of rotatable bonds is 3. The molecule has 1 N–H and O–H groups in total. The van der Waals surface area contributed by atoms with E-state index in [1.807, 2.05) is 25.1 Å². The van der Waals surface area contributed by atoms with E-state index in [4.69, 9.17) is 4.74 Å². The molecule has 0 saturated heterocycles. The minimum Gasteiger partial charge on any atom is -0.496 e. The van der Waals surface area contributed by atoms with Crippen molar-refractivity contribution in [2.24, 2.45) is 0 Å². The van der Waals surface area contributed by atoms with Gasteiger partial charge in [-0.1, -0.05) is 6.07 Å². The van der Waals surface area contributed by atoms with Gasteiger partial charge in [0.1, 0.15) is 5.75 Å². The molecule has 2 aromatic rings.